The van der Waals surface area contributed by atoms with E-state index >= 15 is 0 Å². The molecule has 0 aliphatic rings. The van der Waals surface area contributed by atoms with Crippen LogP contribution in [-0.4, -0.2) is 35.1 Å². The van der Waals surface area contributed by atoms with Crippen molar-refractivity contribution in [2.45, 2.75) is 11.8 Å². The molecular weight excluding hydrogens is 532 g/mol. The highest BCUT2D eigenvalue weighted by Crippen LogP contribution is 2.36. The normalized spacial score (nSPS) is 11.1. The number of benzene rings is 3. The highest BCUT2D eigenvalue weighted by Gasteiger charge is 2.28. The third-order valence-electron chi connectivity index (χ3n) is 4.74. The van der Waals surface area contributed by atoms with Crippen LogP contribution in [0.1, 0.15) is 5.56 Å². The summed E-state index contributed by atoms with van der Waals surface area (Å²) in [4.78, 5) is 13.1. The average molecular weight is 554 g/mol. The molecule has 0 unspecified atom stereocenters. The van der Waals surface area contributed by atoms with Gasteiger partial charge in [-0.25, -0.2) is 8.42 Å². The fraction of sp³-hybridized carbons (Fsp3) is 0.174. The fourth-order valence-electron chi connectivity index (χ4n) is 3.06. The lowest BCUT2D eigenvalue weighted by Gasteiger charge is -2.24. The molecule has 0 atom stereocenters. The second-order valence-electron chi connectivity index (χ2n) is 7.04. The highest BCUT2D eigenvalue weighted by atomic mass is 79.9. The summed E-state index contributed by atoms with van der Waals surface area (Å²) in [5.41, 5.74) is 1.55. The molecule has 0 heterocycles. The maximum Gasteiger partial charge on any atom is 0.264 e. The van der Waals surface area contributed by atoms with Gasteiger partial charge in [-0.1, -0.05) is 51.3 Å². The van der Waals surface area contributed by atoms with Gasteiger partial charge in [-0.15, -0.1) is 0 Å². The molecule has 0 radical (unpaired) electrons. The third kappa shape index (κ3) is 5.79. The highest BCUT2D eigenvalue weighted by molar-refractivity contribution is 9.10. The summed E-state index contributed by atoms with van der Waals surface area (Å²) >= 11 is 9.48. The Balaban J connectivity index is 1.98. The number of sulfonamides is 1. The number of halogens is 2. The average Bonchev–Trinajstić information content (AvgIpc) is 2.78. The number of aryl methyl sites for hydroxylation is 1. The third-order valence-corrected chi connectivity index (χ3v) is 7.32. The van der Waals surface area contributed by atoms with E-state index in [1.54, 1.807) is 36.4 Å². The van der Waals surface area contributed by atoms with E-state index in [1.807, 2.05) is 6.92 Å². The first kappa shape index (κ1) is 24.9. The zero-order valence-electron chi connectivity index (χ0n) is 18.1. The number of ether oxygens (including phenoxy) is 2. The molecule has 3 rings (SSSR count). The minimum atomic E-state index is -4.04. The molecule has 33 heavy (non-hydrogen) atoms. The van der Waals surface area contributed by atoms with E-state index in [-0.39, 0.29) is 4.90 Å². The Hall–Kier alpha value is -2.75. The number of carbonyl (C=O) groups excluding carboxylic acids is 1. The van der Waals surface area contributed by atoms with Gasteiger partial charge < -0.3 is 14.8 Å². The molecule has 0 bridgehead atoms. The Morgan fingerprint density at radius 1 is 1.03 bits per heavy atom. The number of nitrogens with one attached hydrogen (secondary N) is 1. The Kier molecular flexibility index (Phi) is 7.88. The van der Waals surface area contributed by atoms with Crippen LogP contribution in [-0.2, 0) is 14.8 Å². The van der Waals surface area contributed by atoms with Crippen molar-refractivity contribution < 1.29 is 22.7 Å². The van der Waals surface area contributed by atoms with Gasteiger partial charge in [0, 0.05) is 16.6 Å². The van der Waals surface area contributed by atoms with Crippen molar-refractivity contribution in [3.05, 3.63) is 75.7 Å². The summed E-state index contributed by atoms with van der Waals surface area (Å²) in [6.07, 6.45) is 0. The molecule has 0 aromatic heterocycles. The van der Waals surface area contributed by atoms with Gasteiger partial charge in [0.25, 0.3) is 10.0 Å². The van der Waals surface area contributed by atoms with E-state index in [9.17, 15) is 13.2 Å². The zero-order chi connectivity index (χ0) is 24.2. The lowest BCUT2D eigenvalue weighted by Crippen LogP contribution is -2.38. The molecule has 0 aliphatic carbocycles. The van der Waals surface area contributed by atoms with Crippen molar-refractivity contribution in [3.8, 4) is 11.5 Å². The molecule has 7 nitrogen and oxygen atoms in total. The summed E-state index contributed by atoms with van der Waals surface area (Å²) in [6, 6.07) is 16.2. The van der Waals surface area contributed by atoms with Crippen LogP contribution in [0.15, 0.2) is 70.0 Å². The van der Waals surface area contributed by atoms with Crippen LogP contribution in [0.4, 0.5) is 11.4 Å². The molecule has 0 saturated heterocycles. The summed E-state index contributed by atoms with van der Waals surface area (Å²) in [7, 11) is -1.15. The molecule has 0 aliphatic heterocycles. The molecule has 1 N–H and O–H groups in total. The summed E-state index contributed by atoms with van der Waals surface area (Å²) in [5, 5.41) is 3.00. The quantitative estimate of drug-likeness (QED) is 0.411. The van der Waals surface area contributed by atoms with Crippen LogP contribution in [0, 0.1) is 6.92 Å². The molecule has 3 aromatic rings. The van der Waals surface area contributed by atoms with Crippen LogP contribution in [0.3, 0.4) is 0 Å². The first-order chi connectivity index (χ1) is 15.6. The largest absolute Gasteiger partial charge is 0.495 e. The number of hydrogen-bond donors (Lipinski definition) is 1. The van der Waals surface area contributed by atoms with Crippen molar-refractivity contribution in [1.29, 1.82) is 0 Å². The van der Waals surface area contributed by atoms with Gasteiger partial charge in [0.1, 0.15) is 18.0 Å². The minimum absolute atomic E-state index is 0.0756. The van der Waals surface area contributed by atoms with Crippen LogP contribution >= 0.6 is 27.5 Å². The molecular formula is C23H22BrClN2O5S. The Morgan fingerprint density at radius 2 is 1.70 bits per heavy atom. The van der Waals surface area contributed by atoms with Crippen molar-refractivity contribution in [3.63, 3.8) is 0 Å². The van der Waals surface area contributed by atoms with Gasteiger partial charge in [0.05, 0.1) is 35.5 Å². The van der Waals surface area contributed by atoms with Crippen molar-refractivity contribution in [1.82, 2.24) is 0 Å². The van der Waals surface area contributed by atoms with Crippen molar-refractivity contribution in [2.75, 3.05) is 30.4 Å². The van der Waals surface area contributed by atoms with Gasteiger partial charge in [-0.3, -0.25) is 9.10 Å². The number of carbonyl (C=O) groups is 1. The second kappa shape index (κ2) is 10.5. The van der Waals surface area contributed by atoms with Gasteiger partial charge in [-0.05, 0) is 37.3 Å². The fourth-order valence-corrected chi connectivity index (χ4v) is 5.09. The number of hydrogen-bond acceptors (Lipinski definition) is 5. The van der Waals surface area contributed by atoms with E-state index in [0.717, 1.165) is 9.87 Å². The number of rotatable bonds is 8. The second-order valence-corrected chi connectivity index (χ2v) is 10.2. The molecule has 1 amide bonds. The van der Waals surface area contributed by atoms with Gasteiger partial charge in [-0.2, -0.15) is 0 Å². The topological polar surface area (TPSA) is 84.9 Å². The number of amides is 1. The summed E-state index contributed by atoms with van der Waals surface area (Å²) < 4.78 is 39.2. The Morgan fingerprint density at radius 3 is 2.30 bits per heavy atom. The van der Waals surface area contributed by atoms with E-state index in [0.29, 0.717) is 32.4 Å². The van der Waals surface area contributed by atoms with Gasteiger partial charge in [0.15, 0.2) is 0 Å². The zero-order valence-corrected chi connectivity index (χ0v) is 21.3. The lowest BCUT2D eigenvalue weighted by molar-refractivity contribution is -0.114. The van der Waals surface area contributed by atoms with Crippen LogP contribution in [0.5, 0.6) is 11.5 Å². The monoisotopic (exact) mass is 552 g/mol. The Labute approximate surface area is 206 Å². The standard InChI is InChI=1S/C23H22BrClN2O5S/c1-15-7-9-18(10-8-15)33(29,30)27(17-6-4-5-16(24)11-17)14-23(28)26-20-13-21(31-2)19(25)12-22(20)32-3/h4-13H,14H2,1-3H3,(H,26,28). The van der Waals surface area contributed by atoms with E-state index in [2.05, 4.69) is 21.2 Å². The maximum atomic E-state index is 13.5. The van der Waals surface area contributed by atoms with E-state index in [4.69, 9.17) is 21.1 Å². The van der Waals surface area contributed by atoms with Crippen LogP contribution in [0.2, 0.25) is 5.02 Å². The van der Waals surface area contributed by atoms with Crippen LogP contribution in [0.25, 0.3) is 0 Å². The van der Waals surface area contributed by atoms with Crippen molar-refractivity contribution in [2.24, 2.45) is 0 Å². The minimum Gasteiger partial charge on any atom is -0.495 e. The summed E-state index contributed by atoms with van der Waals surface area (Å²) in [6.45, 7) is 1.39. The Bertz CT molecular complexity index is 1270. The molecule has 3 aromatic carbocycles. The van der Waals surface area contributed by atoms with E-state index < -0.39 is 22.5 Å². The predicted octanol–water partition coefficient (Wildman–Crippen LogP) is 5.26. The van der Waals surface area contributed by atoms with Gasteiger partial charge >= 0.3 is 0 Å². The molecule has 0 saturated carbocycles. The lowest BCUT2D eigenvalue weighted by atomic mass is 10.2. The predicted molar refractivity (Wildman–Crippen MR) is 133 cm³/mol. The summed E-state index contributed by atoms with van der Waals surface area (Å²) in [5.74, 6) is 0.0711. The maximum absolute atomic E-state index is 13.5. The first-order valence-corrected chi connectivity index (χ1v) is 12.3. The number of methoxy groups -OCH3 is 2. The van der Waals surface area contributed by atoms with Crippen LogP contribution < -0.4 is 19.1 Å². The van der Waals surface area contributed by atoms with Gasteiger partial charge in [0.2, 0.25) is 5.91 Å². The molecule has 10 heteroatoms. The smallest absolute Gasteiger partial charge is 0.264 e. The van der Waals surface area contributed by atoms with Crippen molar-refractivity contribution >= 4 is 54.8 Å². The molecule has 0 fully saturated rings. The first-order valence-electron chi connectivity index (χ1n) is 9.72. The number of nitrogens with zero attached hydrogens (tertiary/aromatic N) is 1. The van der Waals surface area contributed by atoms with E-state index in [1.165, 1.54) is 38.5 Å². The molecule has 0 spiro atoms. The SMILES string of the molecule is COc1cc(NC(=O)CN(c2cccc(Br)c2)S(=O)(=O)c2ccc(C)cc2)c(OC)cc1Cl. The molecule has 174 valence electrons. The number of anilines is 2.